The zero-order valence-corrected chi connectivity index (χ0v) is 15.2. The molecule has 0 spiro atoms. The van der Waals surface area contributed by atoms with Crippen molar-refractivity contribution in [2.24, 2.45) is 0 Å². The summed E-state index contributed by atoms with van der Waals surface area (Å²) in [5.41, 5.74) is 3.31. The maximum atomic E-state index is 10.8. The van der Waals surface area contributed by atoms with E-state index in [0.717, 1.165) is 16.6 Å². The van der Waals surface area contributed by atoms with E-state index < -0.39 is 5.97 Å². The third kappa shape index (κ3) is 2.32. The van der Waals surface area contributed by atoms with Gasteiger partial charge >= 0.3 is 68.9 Å². The van der Waals surface area contributed by atoms with Gasteiger partial charge in [-0.2, -0.15) is 0 Å². The number of H-pyrrole nitrogens is 1. The van der Waals surface area contributed by atoms with Crippen LogP contribution in [0.4, 0.5) is 0 Å². The molecule has 1 N–H and O–H groups in total. The normalized spacial score (nSPS) is 10.0. The molecular weight excluding hydrogens is 313 g/mol. The molecule has 0 aliphatic carbocycles. The van der Waals surface area contributed by atoms with Gasteiger partial charge in [0.05, 0.1) is 23.3 Å². The van der Waals surface area contributed by atoms with Gasteiger partial charge in [-0.25, -0.2) is 4.98 Å². The zero-order valence-electron chi connectivity index (χ0n) is 8.92. The van der Waals surface area contributed by atoms with Gasteiger partial charge in [-0.3, -0.25) is 0 Å². The molecule has 5 heteroatoms. The van der Waals surface area contributed by atoms with Gasteiger partial charge in [-0.15, -0.1) is 0 Å². The number of imidazole rings is 1. The molecule has 0 radical (unpaired) electrons. The molecular formula is C10H9CsN2O2. The summed E-state index contributed by atoms with van der Waals surface area (Å²) in [5.74, 6) is -1.15. The number of carbonyl (C=O) groups is 1. The zero-order chi connectivity index (χ0) is 10.3. The fraction of sp³-hybridized carbons (Fsp3) is 0.200. The minimum atomic E-state index is -1.15. The summed E-state index contributed by atoms with van der Waals surface area (Å²) in [6.45, 7) is 3.57. The number of aromatic carboxylic acids is 1. The van der Waals surface area contributed by atoms with Gasteiger partial charge in [0.2, 0.25) is 0 Å². The Morgan fingerprint density at radius 2 is 2.13 bits per heavy atom. The third-order valence-corrected chi connectivity index (χ3v) is 2.37. The van der Waals surface area contributed by atoms with Crippen molar-refractivity contribution in [1.82, 2.24) is 9.97 Å². The number of aromatic amines is 1. The fourth-order valence-corrected chi connectivity index (χ4v) is 1.62. The Labute approximate surface area is 146 Å². The summed E-state index contributed by atoms with van der Waals surface area (Å²) in [6, 6.07) is 1.59. The molecule has 0 fully saturated rings. The van der Waals surface area contributed by atoms with E-state index in [2.05, 4.69) is 9.97 Å². The van der Waals surface area contributed by atoms with Crippen LogP contribution in [-0.4, -0.2) is 15.9 Å². The van der Waals surface area contributed by atoms with E-state index in [1.165, 1.54) is 0 Å². The van der Waals surface area contributed by atoms with Gasteiger partial charge < -0.3 is 14.9 Å². The van der Waals surface area contributed by atoms with Gasteiger partial charge in [-0.05, 0) is 31.0 Å². The predicted molar refractivity (Wildman–Crippen MR) is 49.9 cm³/mol. The van der Waals surface area contributed by atoms with Crippen molar-refractivity contribution in [1.29, 1.82) is 0 Å². The Balaban J connectivity index is 0.00000112. The monoisotopic (exact) mass is 322 g/mol. The molecule has 0 amide bonds. The van der Waals surface area contributed by atoms with Crippen molar-refractivity contribution in [2.45, 2.75) is 13.8 Å². The van der Waals surface area contributed by atoms with E-state index in [0.29, 0.717) is 5.56 Å². The average Bonchev–Trinajstić information content (AvgIpc) is 2.59. The average molecular weight is 322 g/mol. The van der Waals surface area contributed by atoms with Crippen molar-refractivity contribution >= 4 is 17.0 Å². The fourth-order valence-electron chi connectivity index (χ4n) is 1.62. The molecule has 2 aromatic rings. The second-order valence-electron chi connectivity index (χ2n) is 3.28. The van der Waals surface area contributed by atoms with Crippen LogP contribution >= 0.6 is 0 Å². The summed E-state index contributed by atoms with van der Waals surface area (Å²) >= 11 is 0. The number of carboxylic acids is 1. The number of carbonyl (C=O) groups excluding carboxylic acids is 1. The Morgan fingerprint density at radius 3 is 2.73 bits per heavy atom. The van der Waals surface area contributed by atoms with Gasteiger partial charge in [-0.1, -0.05) is 0 Å². The summed E-state index contributed by atoms with van der Waals surface area (Å²) < 4.78 is 0. The number of aromatic nitrogens is 2. The maximum absolute atomic E-state index is 10.8. The molecule has 1 aromatic carbocycles. The first-order valence-electron chi connectivity index (χ1n) is 4.26. The van der Waals surface area contributed by atoms with E-state index in [9.17, 15) is 9.90 Å². The minimum Gasteiger partial charge on any atom is -0.545 e. The molecule has 15 heavy (non-hydrogen) atoms. The first-order chi connectivity index (χ1) is 6.61. The number of fused-ring (bicyclic) bond motifs is 1. The molecule has 0 aliphatic rings. The quantitative estimate of drug-likeness (QED) is 0.634. The van der Waals surface area contributed by atoms with E-state index >= 15 is 0 Å². The van der Waals surface area contributed by atoms with Crippen molar-refractivity contribution in [3.63, 3.8) is 0 Å². The van der Waals surface area contributed by atoms with Crippen LogP contribution in [0.5, 0.6) is 0 Å². The molecule has 4 nitrogen and oxygen atoms in total. The number of nitrogens with zero attached hydrogens (tertiary/aromatic N) is 1. The first kappa shape index (κ1) is 13.3. The Bertz CT molecular complexity index is 519. The van der Waals surface area contributed by atoms with Crippen LogP contribution in [-0.2, 0) is 0 Å². The molecule has 0 aliphatic heterocycles. The Kier molecular flexibility index (Phi) is 4.45. The first-order valence-corrected chi connectivity index (χ1v) is 4.26. The van der Waals surface area contributed by atoms with Crippen LogP contribution in [0.3, 0.4) is 0 Å². The van der Waals surface area contributed by atoms with Gasteiger partial charge in [0.25, 0.3) is 0 Å². The minimum absolute atomic E-state index is 0. The van der Waals surface area contributed by atoms with E-state index in [1.807, 2.05) is 6.92 Å². The molecule has 1 aromatic heterocycles. The van der Waals surface area contributed by atoms with Crippen LogP contribution in [0, 0.1) is 13.8 Å². The second-order valence-corrected chi connectivity index (χ2v) is 3.28. The van der Waals surface area contributed by atoms with E-state index in [4.69, 9.17) is 0 Å². The Morgan fingerprint density at radius 1 is 1.47 bits per heavy atom. The molecule has 0 atom stereocenters. The number of benzene rings is 1. The van der Waals surface area contributed by atoms with Gasteiger partial charge in [0.1, 0.15) is 0 Å². The number of rotatable bonds is 1. The van der Waals surface area contributed by atoms with Crippen LogP contribution < -0.4 is 74.0 Å². The molecule has 0 saturated heterocycles. The van der Waals surface area contributed by atoms with Crippen LogP contribution in [0.25, 0.3) is 11.0 Å². The van der Waals surface area contributed by atoms with E-state index in [1.54, 1.807) is 19.3 Å². The Hall–Kier alpha value is 0.212. The van der Waals surface area contributed by atoms with Crippen molar-refractivity contribution in [3.05, 3.63) is 29.1 Å². The number of hydrogen-bond acceptors (Lipinski definition) is 3. The predicted octanol–water partition coefficient (Wildman–Crippen LogP) is -2.45. The molecule has 2 rings (SSSR count). The number of carboxylic acid groups (broad SMARTS) is 1. The van der Waals surface area contributed by atoms with Crippen molar-refractivity contribution < 1.29 is 78.8 Å². The second kappa shape index (κ2) is 5.03. The van der Waals surface area contributed by atoms with Crippen molar-refractivity contribution in [2.75, 3.05) is 0 Å². The largest absolute Gasteiger partial charge is 1.00 e. The van der Waals surface area contributed by atoms with Crippen molar-refractivity contribution in [3.8, 4) is 0 Å². The molecule has 0 unspecified atom stereocenters. The van der Waals surface area contributed by atoms with E-state index in [-0.39, 0.29) is 74.5 Å². The summed E-state index contributed by atoms with van der Waals surface area (Å²) in [7, 11) is 0. The van der Waals surface area contributed by atoms with Gasteiger partial charge in [0, 0.05) is 5.56 Å². The smallest absolute Gasteiger partial charge is 0.545 e. The summed E-state index contributed by atoms with van der Waals surface area (Å²) in [6.07, 6.45) is 1.56. The molecule has 0 bridgehead atoms. The van der Waals surface area contributed by atoms with Crippen LogP contribution in [0.1, 0.15) is 21.5 Å². The van der Waals surface area contributed by atoms with Gasteiger partial charge in [0.15, 0.2) is 0 Å². The number of nitrogens with one attached hydrogen (secondary N) is 1. The van der Waals surface area contributed by atoms with Crippen LogP contribution in [0.15, 0.2) is 12.4 Å². The standard InChI is InChI=1S/C10H10N2O2.Cs/c1-5-3-7(10(13)14)6(2)9-8(5)11-4-12-9;/h3-4H,1-2H3,(H,11,12)(H,13,14);/q;+1/p-1. The third-order valence-electron chi connectivity index (χ3n) is 2.37. The molecule has 1 heterocycles. The SMILES string of the molecule is Cc1cc(C(=O)[O-])c(C)c2[nH]cnc12.[Cs+]. The number of aryl methyl sites for hydroxylation is 2. The topological polar surface area (TPSA) is 68.8 Å². The van der Waals surface area contributed by atoms with Crippen LogP contribution in [0.2, 0.25) is 0 Å². The summed E-state index contributed by atoms with van der Waals surface area (Å²) in [4.78, 5) is 17.8. The maximum Gasteiger partial charge on any atom is 1.00 e. The molecule has 0 saturated carbocycles. The molecule has 72 valence electrons. The summed E-state index contributed by atoms with van der Waals surface area (Å²) in [5, 5.41) is 10.8. The number of hydrogen-bond donors (Lipinski definition) is 1.